The summed E-state index contributed by atoms with van der Waals surface area (Å²) < 4.78 is 3.30. The molecule has 1 saturated carbocycles. The summed E-state index contributed by atoms with van der Waals surface area (Å²) in [7, 11) is 0. The molecule has 1 amide bonds. The fourth-order valence-electron chi connectivity index (χ4n) is 5.16. The van der Waals surface area contributed by atoms with Crippen LogP contribution in [-0.2, 0) is 17.9 Å². The second kappa shape index (κ2) is 7.78. The Kier molecular flexibility index (Phi) is 4.99. The molecule has 0 spiro atoms. The van der Waals surface area contributed by atoms with Crippen molar-refractivity contribution in [3.63, 3.8) is 0 Å². The van der Waals surface area contributed by atoms with Crippen molar-refractivity contribution < 1.29 is 4.79 Å². The number of likely N-dealkylation sites (tertiary alicyclic amines) is 1. The molecule has 152 valence electrons. The fraction of sp³-hybridized carbons (Fsp3) is 0.500. The van der Waals surface area contributed by atoms with Gasteiger partial charge in [0.15, 0.2) is 5.65 Å². The second-order valence-corrected chi connectivity index (χ2v) is 9.25. The molecule has 0 N–H and O–H groups in total. The predicted molar refractivity (Wildman–Crippen MR) is 114 cm³/mol. The van der Waals surface area contributed by atoms with Crippen LogP contribution in [0.15, 0.2) is 40.6 Å². The van der Waals surface area contributed by atoms with Gasteiger partial charge in [-0.2, -0.15) is 0 Å². The first-order valence-electron chi connectivity index (χ1n) is 10.6. The molecule has 5 rings (SSSR count). The number of hydrogen-bond donors (Lipinski definition) is 0. The van der Waals surface area contributed by atoms with Crippen molar-refractivity contribution in [2.24, 2.45) is 5.92 Å². The Morgan fingerprint density at radius 3 is 2.83 bits per heavy atom. The number of pyridine rings is 1. The van der Waals surface area contributed by atoms with E-state index in [0.717, 1.165) is 29.8 Å². The van der Waals surface area contributed by atoms with Crippen LogP contribution in [0.1, 0.15) is 43.4 Å². The monoisotopic (exact) mass is 410 g/mol. The number of carbonyl (C=O) groups excluding carboxylic acids is 1. The van der Waals surface area contributed by atoms with E-state index in [-0.39, 0.29) is 18.1 Å². The molecule has 4 heterocycles. The van der Waals surface area contributed by atoms with Gasteiger partial charge in [0.25, 0.3) is 0 Å². The molecule has 1 saturated heterocycles. The molecule has 0 unspecified atom stereocenters. The number of thiophene rings is 1. The van der Waals surface area contributed by atoms with E-state index >= 15 is 0 Å². The highest BCUT2D eigenvalue weighted by molar-refractivity contribution is 7.09. The lowest BCUT2D eigenvalue weighted by Crippen LogP contribution is -2.51. The number of amides is 1. The summed E-state index contributed by atoms with van der Waals surface area (Å²) >= 11 is 1.62. The summed E-state index contributed by atoms with van der Waals surface area (Å²) in [6.45, 7) is 1.40. The zero-order valence-electron chi connectivity index (χ0n) is 16.5. The zero-order valence-corrected chi connectivity index (χ0v) is 17.3. The number of nitrogens with zero attached hydrogens (tertiary/aromatic N) is 4. The van der Waals surface area contributed by atoms with Crippen LogP contribution in [0.4, 0.5) is 0 Å². The van der Waals surface area contributed by atoms with Crippen LogP contribution < -0.4 is 5.69 Å². The number of carbonyl (C=O) groups is 1. The Balaban J connectivity index is 1.46. The van der Waals surface area contributed by atoms with E-state index in [1.165, 1.54) is 25.7 Å². The van der Waals surface area contributed by atoms with Crippen LogP contribution in [0.3, 0.4) is 0 Å². The molecule has 1 aliphatic heterocycles. The Bertz CT molecular complexity index is 1070. The van der Waals surface area contributed by atoms with Crippen LogP contribution in [0.25, 0.3) is 11.2 Å². The van der Waals surface area contributed by atoms with Crippen molar-refractivity contribution in [2.75, 3.05) is 6.54 Å². The summed E-state index contributed by atoms with van der Waals surface area (Å²) in [4.78, 5) is 34.1. The Labute approximate surface area is 173 Å². The SMILES string of the molecule is O=C(Cn1c(=O)n(Cc2cccs2)c2ncccc21)N1CCC[C@H]2CCCC[C@@H]21. The highest BCUT2D eigenvalue weighted by Gasteiger charge is 2.36. The highest BCUT2D eigenvalue weighted by Crippen LogP contribution is 2.35. The molecule has 0 aromatic carbocycles. The first kappa shape index (κ1) is 18.6. The van der Waals surface area contributed by atoms with Crippen molar-refractivity contribution in [3.8, 4) is 0 Å². The molecular formula is C22H26N4O2S. The quantitative estimate of drug-likeness (QED) is 0.662. The molecule has 2 fully saturated rings. The summed E-state index contributed by atoms with van der Waals surface area (Å²) in [5, 5.41) is 2.01. The van der Waals surface area contributed by atoms with E-state index in [1.54, 1.807) is 26.7 Å². The highest BCUT2D eigenvalue weighted by atomic mass is 32.1. The summed E-state index contributed by atoms with van der Waals surface area (Å²) in [6.07, 6.45) is 8.84. The lowest BCUT2D eigenvalue weighted by Gasteiger charge is -2.44. The van der Waals surface area contributed by atoms with Gasteiger partial charge in [-0.1, -0.05) is 18.9 Å². The van der Waals surface area contributed by atoms with Gasteiger partial charge in [-0.05, 0) is 55.2 Å². The summed E-state index contributed by atoms with van der Waals surface area (Å²) in [6, 6.07) is 8.08. The van der Waals surface area contributed by atoms with Crippen LogP contribution in [0, 0.1) is 5.92 Å². The van der Waals surface area contributed by atoms with Crippen molar-refractivity contribution >= 4 is 28.4 Å². The van der Waals surface area contributed by atoms with Gasteiger partial charge in [0, 0.05) is 23.7 Å². The third-order valence-electron chi connectivity index (χ3n) is 6.53. The average molecular weight is 411 g/mol. The normalized spacial score (nSPS) is 22.0. The first-order valence-corrected chi connectivity index (χ1v) is 11.5. The number of aromatic nitrogens is 3. The number of imidazole rings is 1. The standard InChI is InChI=1S/C22H26N4O2S/c27-20(24-12-4-7-16-6-1-2-9-18(16)24)15-25-19-10-3-11-23-21(19)26(22(25)28)14-17-8-5-13-29-17/h3,5,8,10-11,13,16,18H,1-2,4,6-7,9,12,14-15H2/t16-,18+/m1/s1. The van der Waals surface area contributed by atoms with Gasteiger partial charge < -0.3 is 4.90 Å². The summed E-state index contributed by atoms with van der Waals surface area (Å²) in [5.41, 5.74) is 1.23. The minimum Gasteiger partial charge on any atom is -0.338 e. The molecule has 6 nitrogen and oxygen atoms in total. The Hall–Kier alpha value is -2.41. The van der Waals surface area contributed by atoms with Crippen LogP contribution in [0.2, 0.25) is 0 Å². The van der Waals surface area contributed by atoms with E-state index in [0.29, 0.717) is 24.2 Å². The minimum absolute atomic E-state index is 0.0720. The van der Waals surface area contributed by atoms with Crippen molar-refractivity contribution in [2.45, 2.75) is 57.7 Å². The van der Waals surface area contributed by atoms with Crippen molar-refractivity contribution in [1.82, 2.24) is 19.0 Å². The smallest absolute Gasteiger partial charge is 0.331 e. The van der Waals surface area contributed by atoms with E-state index in [2.05, 4.69) is 9.88 Å². The molecule has 1 aliphatic carbocycles. The largest absolute Gasteiger partial charge is 0.338 e. The van der Waals surface area contributed by atoms with E-state index < -0.39 is 0 Å². The molecule has 29 heavy (non-hydrogen) atoms. The van der Waals surface area contributed by atoms with Gasteiger partial charge in [0.1, 0.15) is 6.54 Å². The molecule has 0 radical (unpaired) electrons. The maximum absolute atomic E-state index is 13.3. The molecular weight excluding hydrogens is 384 g/mol. The lowest BCUT2D eigenvalue weighted by atomic mass is 9.78. The van der Waals surface area contributed by atoms with Gasteiger partial charge in [-0.15, -0.1) is 11.3 Å². The third-order valence-corrected chi connectivity index (χ3v) is 7.39. The average Bonchev–Trinajstić information content (AvgIpc) is 3.36. The maximum atomic E-state index is 13.3. The second-order valence-electron chi connectivity index (χ2n) is 8.22. The van der Waals surface area contributed by atoms with Gasteiger partial charge in [-0.3, -0.25) is 13.9 Å². The van der Waals surface area contributed by atoms with E-state index in [9.17, 15) is 9.59 Å². The molecule has 0 bridgehead atoms. The Morgan fingerprint density at radius 2 is 1.97 bits per heavy atom. The number of fused-ring (bicyclic) bond motifs is 2. The number of piperidine rings is 1. The van der Waals surface area contributed by atoms with Gasteiger partial charge >= 0.3 is 5.69 Å². The minimum atomic E-state index is -0.155. The van der Waals surface area contributed by atoms with E-state index in [4.69, 9.17) is 0 Å². The lowest BCUT2D eigenvalue weighted by molar-refractivity contribution is -0.138. The third kappa shape index (κ3) is 3.41. The maximum Gasteiger partial charge on any atom is 0.331 e. The van der Waals surface area contributed by atoms with Crippen molar-refractivity contribution in [1.29, 1.82) is 0 Å². The predicted octanol–water partition coefficient (Wildman–Crippen LogP) is 3.49. The van der Waals surface area contributed by atoms with Gasteiger partial charge in [0.2, 0.25) is 5.91 Å². The zero-order chi connectivity index (χ0) is 19.8. The first-order chi connectivity index (χ1) is 14.2. The van der Waals surface area contributed by atoms with Gasteiger partial charge in [-0.25, -0.2) is 9.78 Å². The van der Waals surface area contributed by atoms with Gasteiger partial charge in [0.05, 0.1) is 12.1 Å². The summed E-state index contributed by atoms with van der Waals surface area (Å²) in [5.74, 6) is 0.711. The Morgan fingerprint density at radius 1 is 1.10 bits per heavy atom. The van der Waals surface area contributed by atoms with Crippen molar-refractivity contribution in [3.05, 3.63) is 51.2 Å². The van der Waals surface area contributed by atoms with Crippen LogP contribution >= 0.6 is 11.3 Å². The van der Waals surface area contributed by atoms with Crippen LogP contribution in [-0.4, -0.2) is 37.5 Å². The van der Waals surface area contributed by atoms with E-state index in [1.807, 2.05) is 29.6 Å². The van der Waals surface area contributed by atoms with Crippen LogP contribution in [0.5, 0.6) is 0 Å². The molecule has 3 aromatic heterocycles. The molecule has 7 heteroatoms. The molecule has 2 atom stereocenters. The number of rotatable bonds is 4. The molecule has 2 aliphatic rings. The topological polar surface area (TPSA) is 60.1 Å². The molecule has 3 aromatic rings. The fourth-order valence-corrected chi connectivity index (χ4v) is 5.85. The number of hydrogen-bond acceptors (Lipinski definition) is 4.